The minimum atomic E-state index is -0.799. The van der Waals surface area contributed by atoms with Gasteiger partial charge in [-0.15, -0.1) is 11.3 Å². The van der Waals surface area contributed by atoms with Gasteiger partial charge < -0.3 is 9.47 Å². The van der Waals surface area contributed by atoms with Crippen molar-refractivity contribution in [2.24, 2.45) is 0 Å². The Balaban J connectivity index is 2.40. The molecule has 1 heterocycles. The fourth-order valence-corrected chi connectivity index (χ4v) is 2.59. The van der Waals surface area contributed by atoms with Gasteiger partial charge in [-0.25, -0.2) is 0 Å². The largest absolute Gasteiger partial charge is 0.497 e. The van der Waals surface area contributed by atoms with Crippen molar-refractivity contribution in [1.82, 2.24) is 0 Å². The first-order valence-electron chi connectivity index (χ1n) is 5.90. The number of carbonyl (C=O) groups is 1. The summed E-state index contributed by atoms with van der Waals surface area (Å²) in [5.74, 6) is -0.00917. The van der Waals surface area contributed by atoms with E-state index in [2.05, 4.69) is 6.07 Å². The van der Waals surface area contributed by atoms with Gasteiger partial charge >= 0.3 is 0 Å². The molecule has 2 aromatic rings. The number of nitriles is 1. The lowest BCUT2D eigenvalue weighted by molar-refractivity contribution is 0.0979. The number of ether oxygens (including phenoxy) is 2. The third-order valence-corrected chi connectivity index (χ3v) is 3.79. The highest BCUT2D eigenvalue weighted by Crippen LogP contribution is 2.29. The number of carbonyl (C=O) groups excluding carboxylic acids is 1. The zero-order valence-corrected chi connectivity index (χ0v) is 11.9. The minimum Gasteiger partial charge on any atom is -0.497 e. The number of Topliss-reactive ketones (excluding diaryl/α,β-unsaturated/α-hetero) is 1. The molecule has 1 aromatic carbocycles. The van der Waals surface area contributed by atoms with Gasteiger partial charge in [-0.3, -0.25) is 4.79 Å². The predicted molar refractivity (Wildman–Crippen MR) is 76.5 cm³/mol. The van der Waals surface area contributed by atoms with Crippen LogP contribution in [0.4, 0.5) is 0 Å². The molecule has 0 saturated heterocycles. The third kappa shape index (κ3) is 2.81. The van der Waals surface area contributed by atoms with Gasteiger partial charge in [0.25, 0.3) is 0 Å². The maximum absolute atomic E-state index is 12.5. The van der Waals surface area contributed by atoms with Gasteiger partial charge in [-0.05, 0) is 23.6 Å². The molecule has 0 bridgehead atoms. The summed E-state index contributed by atoms with van der Waals surface area (Å²) in [5, 5.41) is 11.1. The molecule has 0 fully saturated rings. The van der Waals surface area contributed by atoms with E-state index in [9.17, 15) is 10.1 Å². The monoisotopic (exact) mass is 287 g/mol. The van der Waals surface area contributed by atoms with Crippen LogP contribution in [0.5, 0.6) is 11.5 Å². The van der Waals surface area contributed by atoms with Crippen molar-refractivity contribution in [2.45, 2.75) is 5.92 Å². The van der Waals surface area contributed by atoms with Crippen LogP contribution in [0, 0.1) is 11.3 Å². The maximum Gasteiger partial charge on any atom is 0.185 e. The molecule has 5 heteroatoms. The van der Waals surface area contributed by atoms with Gasteiger partial charge in [0.2, 0.25) is 0 Å². The lowest BCUT2D eigenvalue weighted by Crippen LogP contribution is -2.10. The van der Waals surface area contributed by atoms with Gasteiger partial charge in [0, 0.05) is 16.5 Å². The summed E-state index contributed by atoms with van der Waals surface area (Å²) >= 11 is 1.39. The van der Waals surface area contributed by atoms with Crippen LogP contribution in [-0.4, -0.2) is 20.0 Å². The Labute approximate surface area is 121 Å². The minimum absolute atomic E-state index is 0.257. The molecule has 0 aliphatic heterocycles. The van der Waals surface area contributed by atoms with E-state index < -0.39 is 5.92 Å². The van der Waals surface area contributed by atoms with Crippen molar-refractivity contribution in [3.05, 3.63) is 46.2 Å². The van der Waals surface area contributed by atoms with Crippen LogP contribution >= 0.6 is 11.3 Å². The highest BCUT2D eigenvalue weighted by Gasteiger charge is 2.23. The number of ketones is 1. The van der Waals surface area contributed by atoms with Crippen LogP contribution in [0.2, 0.25) is 0 Å². The third-order valence-electron chi connectivity index (χ3n) is 2.85. The van der Waals surface area contributed by atoms with Crippen molar-refractivity contribution in [2.75, 3.05) is 14.2 Å². The van der Waals surface area contributed by atoms with Gasteiger partial charge in [-0.2, -0.15) is 5.26 Å². The Bertz CT molecular complexity index is 621. The van der Waals surface area contributed by atoms with Crippen LogP contribution in [0.1, 0.15) is 21.2 Å². The molecule has 0 saturated carbocycles. The van der Waals surface area contributed by atoms with E-state index in [-0.39, 0.29) is 5.78 Å². The van der Waals surface area contributed by atoms with E-state index >= 15 is 0 Å². The van der Waals surface area contributed by atoms with Crippen molar-refractivity contribution < 1.29 is 14.3 Å². The van der Waals surface area contributed by atoms with Gasteiger partial charge in [0.05, 0.1) is 20.3 Å². The summed E-state index contributed by atoms with van der Waals surface area (Å²) < 4.78 is 10.3. The second-order valence-corrected chi connectivity index (χ2v) is 5.02. The lowest BCUT2D eigenvalue weighted by atomic mass is 9.97. The molecule has 0 aliphatic rings. The van der Waals surface area contributed by atoms with E-state index in [0.29, 0.717) is 17.1 Å². The Morgan fingerprint density at radius 3 is 2.35 bits per heavy atom. The molecule has 0 spiro atoms. The Morgan fingerprint density at radius 2 is 1.90 bits per heavy atom. The van der Waals surface area contributed by atoms with Gasteiger partial charge in [-0.1, -0.05) is 6.07 Å². The fourth-order valence-electron chi connectivity index (χ4n) is 1.82. The summed E-state index contributed by atoms with van der Waals surface area (Å²) in [4.78, 5) is 13.2. The van der Waals surface area contributed by atoms with E-state index in [0.717, 1.165) is 4.88 Å². The van der Waals surface area contributed by atoms with Crippen LogP contribution in [0.15, 0.2) is 35.7 Å². The second-order valence-electron chi connectivity index (χ2n) is 4.04. The summed E-state index contributed by atoms with van der Waals surface area (Å²) in [6, 6.07) is 10.6. The molecule has 0 amide bonds. The molecule has 4 nitrogen and oxygen atoms in total. The highest BCUT2D eigenvalue weighted by molar-refractivity contribution is 7.10. The average Bonchev–Trinajstić information content (AvgIpc) is 3.01. The van der Waals surface area contributed by atoms with Crippen LogP contribution in [0.3, 0.4) is 0 Å². The lowest BCUT2D eigenvalue weighted by Gasteiger charge is -2.10. The number of hydrogen-bond donors (Lipinski definition) is 0. The van der Waals surface area contributed by atoms with E-state index in [4.69, 9.17) is 9.47 Å². The van der Waals surface area contributed by atoms with Gasteiger partial charge in [0.1, 0.15) is 17.4 Å². The van der Waals surface area contributed by atoms with Crippen LogP contribution < -0.4 is 9.47 Å². The van der Waals surface area contributed by atoms with E-state index in [1.54, 1.807) is 24.3 Å². The molecule has 0 aliphatic carbocycles. The Hall–Kier alpha value is -2.32. The van der Waals surface area contributed by atoms with E-state index in [1.807, 2.05) is 11.4 Å². The first-order chi connectivity index (χ1) is 9.69. The SMILES string of the molecule is COc1cc(OC)cc(C(=O)C(C#N)c2cccs2)c1. The molecule has 1 atom stereocenters. The first kappa shape index (κ1) is 14.1. The van der Waals surface area contributed by atoms with Crippen molar-refractivity contribution in [3.63, 3.8) is 0 Å². The highest BCUT2D eigenvalue weighted by atomic mass is 32.1. The quantitative estimate of drug-likeness (QED) is 0.792. The summed E-state index contributed by atoms with van der Waals surface area (Å²) in [6.45, 7) is 0. The molecule has 0 radical (unpaired) electrons. The van der Waals surface area contributed by atoms with Crippen LogP contribution in [-0.2, 0) is 0 Å². The normalized spacial score (nSPS) is 11.4. The molecule has 20 heavy (non-hydrogen) atoms. The number of hydrogen-bond acceptors (Lipinski definition) is 5. The zero-order chi connectivity index (χ0) is 14.5. The fraction of sp³-hybridized carbons (Fsp3) is 0.200. The zero-order valence-electron chi connectivity index (χ0n) is 11.1. The van der Waals surface area contributed by atoms with Gasteiger partial charge in [0.15, 0.2) is 5.78 Å². The number of methoxy groups -OCH3 is 2. The molecule has 0 N–H and O–H groups in total. The Kier molecular flexibility index (Phi) is 4.38. The molecular formula is C15H13NO3S. The number of thiophene rings is 1. The number of rotatable bonds is 5. The molecule has 1 unspecified atom stereocenters. The predicted octanol–water partition coefficient (Wildman–Crippen LogP) is 3.26. The van der Waals surface area contributed by atoms with Crippen molar-refractivity contribution in [3.8, 4) is 17.6 Å². The summed E-state index contributed by atoms with van der Waals surface area (Å²) in [7, 11) is 3.04. The second kappa shape index (κ2) is 6.22. The Morgan fingerprint density at radius 1 is 1.25 bits per heavy atom. The average molecular weight is 287 g/mol. The molecular weight excluding hydrogens is 274 g/mol. The molecule has 2 rings (SSSR count). The number of benzene rings is 1. The number of nitrogens with zero attached hydrogens (tertiary/aromatic N) is 1. The van der Waals surface area contributed by atoms with Crippen molar-refractivity contribution >= 4 is 17.1 Å². The van der Waals surface area contributed by atoms with Crippen LogP contribution in [0.25, 0.3) is 0 Å². The topological polar surface area (TPSA) is 59.3 Å². The van der Waals surface area contributed by atoms with Crippen molar-refractivity contribution in [1.29, 1.82) is 5.26 Å². The van der Waals surface area contributed by atoms with E-state index in [1.165, 1.54) is 25.6 Å². The first-order valence-corrected chi connectivity index (χ1v) is 6.78. The smallest absolute Gasteiger partial charge is 0.185 e. The standard InChI is InChI=1S/C15H13NO3S/c1-18-11-6-10(7-12(8-11)19-2)15(17)13(9-16)14-4-3-5-20-14/h3-8,13H,1-2H3. The summed E-state index contributed by atoms with van der Waals surface area (Å²) in [5.41, 5.74) is 0.404. The summed E-state index contributed by atoms with van der Waals surface area (Å²) in [6.07, 6.45) is 0. The maximum atomic E-state index is 12.5. The molecule has 102 valence electrons. The molecule has 1 aromatic heterocycles.